The van der Waals surface area contributed by atoms with Crippen molar-refractivity contribution in [3.63, 3.8) is 0 Å². The van der Waals surface area contributed by atoms with E-state index in [4.69, 9.17) is 9.84 Å². The summed E-state index contributed by atoms with van der Waals surface area (Å²) in [5.74, 6) is 0.110. The molecule has 0 atom stereocenters. The highest BCUT2D eigenvalue weighted by Gasteiger charge is 2.13. The summed E-state index contributed by atoms with van der Waals surface area (Å²) < 4.78 is 5.83. The van der Waals surface area contributed by atoms with Crippen LogP contribution in [0, 0.1) is 20.8 Å². The number of rotatable bonds is 3. The Balaban J connectivity index is 2.48. The summed E-state index contributed by atoms with van der Waals surface area (Å²) in [6.45, 7) is 5.93. The predicted molar refractivity (Wildman–Crippen MR) is 74.1 cm³/mol. The molecule has 0 aliphatic heterocycles. The summed E-state index contributed by atoms with van der Waals surface area (Å²) in [6, 6.07) is 10.7. The summed E-state index contributed by atoms with van der Waals surface area (Å²) in [5, 5.41) is 9.16. The van der Waals surface area contributed by atoms with Gasteiger partial charge in [-0.3, -0.25) is 0 Å². The third-order valence-electron chi connectivity index (χ3n) is 3.20. The molecule has 2 rings (SSSR count). The van der Waals surface area contributed by atoms with Crippen LogP contribution in [0.4, 0.5) is 0 Å². The van der Waals surface area contributed by atoms with Gasteiger partial charge in [0.05, 0.1) is 0 Å². The molecule has 1 N–H and O–H groups in total. The SMILES string of the molecule is Cc1ccc(C)c(Oc2ccccc2C(=O)O)c1C. The molecule has 2 aromatic rings. The highest BCUT2D eigenvalue weighted by Crippen LogP contribution is 2.32. The number of aromatic carboxylic acids is 1. The zero-order chi connectivity index (χ0) is 14.0. The van der Waals surface area contributed by atoms with E-state index in [9.17, 15) is 4.79 Å². The number of benzene rings is 2. The Hall–Kier alpha value is -2.29. The number of hydrogen-bond acceptors (Lipinski definition) is 2. The Kier molecular flexibility index (Phi) is 3.56. The van der Waals surface area contributed by atoms with Crippen LogP contribution in [0.5, 0.6) is 11.5 Å². The number of hydrogen-bond donors (Lipinski definition) is 1. The van der Waals surface area contributed by atoms with Crippen LogP contribution in [-0.2, 0) is 0 Å². The number of carbonyl (C=O) groups is 1. The minimum absolute atomic E-state index is 0.169. The van der Waals surface area contributed by atoms with Gasteiger partial charge in [0, 0.05) is 0 Å². The number of aryl methyl sites for hydroxylation is 2. The summed E-state index contributed by atoms with van der Waals surface area (Å²) in [5.41, 5.74) is 3.31. The summed E-state index contributed by atoms with van der Waals surface area (Å²) in [7, 11) is 0. The monoisotopic (exact) mass is 256 g/mol. The van der Waals surface area contributed by atoms with Crippen molar-refractivity contribution >= 4 is 5.97 Å². The molecule has 3 nitrogen and oxygen atoms in total. The summed E-state index contributed by atoms with van der Waals surface area (Å²) in [4.78, 5) is 11.2. The van der Waals surface area contributed by atoms with Crippen LogP contribution in [0.2, 0.25) is 0 Å². The van der Waals surface area contributed by atoms with Gasteiger partial charge in [0.1, 0.15) is 17.1 Å². The molecule has 0 amide bonds. The Labute approximate surface area is 112 Å². The van der Waals surface area contributed by atoms with Gasteiger partial charge in [-0.2, -0.15) is 0 Å². The molecular weight excluding hydrogens is 240 g/mol. The van der Waals surface area contributed by atoms with Gasteiger partial charge in [-0.25, -0.2) is 4.79 Å². The van der Waals surface area contributed by atoms with Crippen molar-refractivity contribution in [2.45, 2.75) is 20.8 Å². The van der Waals surface area contributed by atoms with Crippen molar-refractivity contribution in [1.82, 2.24) is 0 Å². The van der Waals surface area contributed by atoms with Gasteiger partial charge in [-0.05, 0) is 49.6 Å². The first-order valence-electron chi connectivity index (χ1n) is 6.07. The van der Waals surface area contributed by atoms with E-state index in [1.54, 1.807) is 18.2 Å². The molecule has 0 aliphatic rings. The Morgan fingerprint density at radius 3 is 2.32 bits per heavy atom. The molecule has 19 heavy (non-hydrogen) atoms. The van der Waals surface area contributed by atoms with E-state index >= 15 is 0 Å². The average molecular weight is 256 g/mol. The van der Waals surface area contributed by atoms with Crippen molar-refractivity contribution in [3.8, 4) is 11.5 Å². The highest BCUT2D eigenvalue weighted by atomic mass is 16.5. The normalized spacial score (nSPS) is 10.3. The van der Waals surface area contributed by atoms with Gasteiger partial charge < -0.3 is 9.84 Å². The highest BCUT2D eigenvalue weighted by molar-refractivity contribution is 5.91. The second-order valence-corrected chi connectivity index (χ2v) is 4.56. The van der Waals surface area contributed by atoms with E-state index in [2.05, 4.69) is 0 Å². The molecule has 3 heteroatoms. The van der Waals surface area contributed by atoms with Crippen LogP contribution < -0.4 is 4.74 Å². The molecule has 0 aromatic heterocycles. The molecule has 0 radical (unpaired) electrons. The summed E-state index contributed by atoms with van der Waals surface area (Å²) in [6.07, 6.45) is 0. The van der Waals surface area contributed by atoms with Crippen molar-refractivity contribution in [2.75, 3.05) is 0 Å². The fourth-order valence-electron chi connectivity index (χ4n) is 1.92. The minimum atomic E-state index is -0.987. The lowest BCUT2D eigenvalue weighted by Gasteiger charge is -2.14. The smallest absolute Gasteiger partial charge is 0.339 e. The first-order valence-corrected chi connectivity index (χ1v) is 6.07. The lowest BCUT2D eigenvalue weighted by molar-refractivity contribution is 0.0694. The maximum atomic E-state index is 11.2. The Morgan fingerprint density at radius 2 is 1.63 bits per heavy atom. The van der Waals surface area contributed by atoms with Crippen molar-refractivity contribution in [2.24, 2.45) is 0 Å². The van der Waals surface area contributed by atoms with E-state index in [0.717, 1.165) is 22.4 Å². The molecule has 0 unspecified atom stereocenters. The largest absolute Gasteiger partial charge is 0.478 e. The maximum absolute atomic E-state index is 11.2. The number of carboxylic acid groups (broad SMARTS) is 1. The summed E-state index contributed by atoms with van der Waals surface area (Å²) >= 11 is 0. The zero-order valence-electron chi connectivity index (χ0n) is 11.2. The average Bonchev–Trinajstić information content (AvgIpc) is 2.39. The van der Waals surface area contributed by atoms with Crippen LogP contribution in [0.25, 0.3) is 0 Å². The van der Waals surface area contributed by atoms with E-state index in [1.165, 1.54) is 6.07 Å². The third kappa shape index (κ3) is 2.60. The Bertz CT molecular complexity index is 630. The molecule has 98 valence electrons. The standard InChI is InChI=1S/C16H16O3/c1-10-8-9-11(2)15(12(10)3)19-14-7-5-4-6-13(14)16(17)18/h4-9H,1-3H3,(H,17,18). The molecular formula is C16H16O3. The maximum Gasteiger partial charge on any atom is 0.339 e. The molecule has 0 saturated heterocycles. The first-order chi connectivity index (χ1) is 9.00. The van der Waals surface area contributed by atoms with E-state index in [0.29, 0.717) is 5.75 Å². The van der Waals surface area contributed by atoms with Gasteiger partial charge >= 0.3 is 5.97 Å². The van der Waals surface area contributed by atoms with Crippen molar-refractivity contribution < 1.29 is 14.6 Å². The van der Waals surface area contributed by atoms with Gasteiger partial charge in [0.25, 0.3) is 0 Å². The van der Waals surface area contributed by atoms with Gasteiger partial charge in [-0.15, -0.1) is 0 Å². The van der Waals surface area contributed by atoms with E-state index in [1.807, 2.05) is 32.9 Å². The predicted octanol–water partition coefficient (Wildman–Crippen LogP) is 4.10. The fourth-order valence-corrected chi connectivity index (χ4v) is 1.92. The molecule has 0 heterocycles. The molecule has 0 bridgehead atoms. The lowest BCUT2D eigenvalue weighted by atomic mass is 10.1. The molecule has 0 aliphatic carbocycles. The zero-order valence-corrected chi connectivity index (χ0v) is 11.2. The fraction of sp³-hybridized carbons (Fsp3) is 0.188. The molecule has 0 fully saturated rings. The van der Waals surface area contributed by atoms with Crippen LogP contribution >= 0.6 is 0 Å². The molecule has 0 saturated carbocycles. The second-order valence-electron chi connectivity index (χ2n) is 4.56. The van der Waals surface area contributed by atoms with Crippen LogP contribution in [0.15, 0.2) is 36.4 Å². The molecule has 2 aromatic carbocycles. The van der Waals surface area contributed by atoms with Crippen LogP contribution in [-0.4, -0.2) is 11.1 Å². The van der Waals surface area contributed by atoms with E-state index in [-0.39, 0.29) is 5.56 Å². The van der Waals surface area contributed by atoms with Gasteiger partial charge in [0.2, 0.25) is 0 Å². The number of para-hydroxylation sites is 1. The topological polar surface area (TPSA) is 46.5 Å². The quantitative estimate of drug-likeness (QED) is 0.899. The van der Waals surface area contributed by atoms with E-state index < -0.39 is 5.97 Å². The van der Waals surface area contributed by atoms with Crippen LogP contribution in [0.1, 0.15) is 27.0 Å². The Morgan fingerprint density at radius 1 is 1.00 bits per heavy atom. The van der Waals surface area contributed by atoms with Gasteiger partial charge in [0.15, 0.2) is 0 Å². The lowest BCUT2D eigenvalue weighted by Crippen LogP contribution is -2.01. The van der Waals surface area contributed by atoms with Crippen LogP contribution in [0.3, 0.4) is 0 Å². The second kappa shape index (κ2) is 5.14. The number of ether oxygens (including phenoxy) is 1. The third-order valence-corrected chi connectivity index (χ3v) is 3.20. The van der Waals surface area contributed by atoms with Crippen molar-refractivity contribution in [3.05, 3.63) is 58.7 Å². The van der Waals surface area contributed by atoms with Gasteiger partial charge in [-0.1, -0.05) is 24.3 Å². The minimum Gasteiger partial charge on any atom is -0.478 e. The van der Waals surface area contributed by atoms with Crippen molar-refractivity contribution in [1.29, 1.82) is 0 Å². The molecule has 0 spiro atoms. The first kappa shape index (κ1) is 13.1. The number of carboxylic acids is 1.